The molecular weight excluding hydrogens is 1040 g/mol. The predicted molar refractivity (Wildman–Crippen MR) is 322 cm³/mol. The molecule has 14 nitrogen and oxygen atoms in total. The van der Waals surface area contributed by atoms with E-state index in [1.54, 1.807) is 35.1 Å². The summed E-state index contributed by atoms with van der Waals surface area (Å²) in [5, 5.41) is 15.4. The summed E-state index contributed by atoms with van der Waals surface area (Å²) < 4.78 is 25.2. The van der Waals surface area contributed by atoms with Gasteiger partial charge in [-0.3, -0.25) is 9.59 Å². The molecule has 2 saturated carbocycles. The van der Waals surface area contributed by atoms with Gasteiger partial charge in [0.1, 0.15) is 11.5 Å². The molecule has 2 fully saturated rings. The summed E-state index contributed by atoms with van der Waals surface area (Å²) in [5.74, 6) is -0.149. The molecule has 2 aromatic heterocycles. The van der Waals surface area contributed by atoms with E-state index >= 15 is 0 Å². The molecule has 0 radical (unpaired) electrons. The van der Waals surface area contributed by atoms with Gasteiger partial charge in [-0.2, -0.15) is 10.2 Å². The molecule has 16 heteroatoms. The molecule has 2 heterocycles. The Balaban J connectivity index is 0.888. The van der Waals surface area contributed by atoms with Crippen LogP contribution in [0, 0.1) is 23.7 Å². The lowest BCUT2D eigenvalue weighted by Crippen LogP contribution is -2.32. The van der Waals surface area contributed by atoms with Gasteiger partial charge in [0.15, 0.2) is 0 Å². The number of hydrogen-bond donors (Lipinski definition) is 0. The van der Waals surface area contributed by atoms with Crippen molar-refractivity contribution in [2.24, 2.45) is 33.9 Å². The number of fused-ring (bicyclic) bond motifs is 2. The highest BCUT2D eigenvalue weighted by Crippen LogP contribution is 2.42. The van der Waals surface area contributed by atoms with E-state index in [2.05, 4.69) is 39.1 Å². The number of aromatic nitrogens is 2. The Hall–Kier alpha value is -7.04. The molecule has 0 spiro atoms. The van der Waals surface area contributed by atoms with Crippen LogP contribution in [0.5, 0.6) is 11.5 Å². The van der Waals surface area contributed by atoms with Crippen LogP contribution < -0.4 is 19.5 Å². The Morgan fingerprint density at radius 3 is 1.36 bits per heavy atom. The zero-order valence-electron chi connectivity index (χ0n) is 46.4. The molecule has 6 aromatic rings. The highest BCUT2D eigenvalue weighted by molar-refractivity contribution is 7.22. The van der Waals surface area contributed by atoms with E-state index in [0.29, 0.717) is 60.4 Å². The number of nitrogens with zero attached hydrogens (tertiary/aromatic N) is 6. The molecule has 8 rings (SSSR count). The van der Waals surface area contributed by atoms with Crippen molar-refractivity contribution in [1.29, 1.82) is 0 Å². The van der Waals surface area contributed by atoms with Crippen molar-refractivity contribution in [3.63, 3.8) is 0 Å². The topological polar surface area (TPSA) is 162 Å². The minimum absolute atomic E-state index is 0.183. The second-order valence-corrected chi connectivity index (χ2v) is 22.9. The van der Waals surface area contributed by atoms with Gasteiger partial charge in [-0.1, -0.05) is 125 Å². The first-order chi connectivity index (χ1) is 39.1. The van der Waals surface area contributed by atoms with Crippen LogP contribution in [-0.4, -0.2) is 72.6 Å². The summed E-state index contributed by atoms with van der Waals surface area (Å²) in [4.78, 5) is 61.5. The number of thiazole rings is 2. The largest absolute Gasteiger partial charge is 0.462 e. The smallest absolute Gasteiger partial charge is 0.330 e. The van der Waals surface area contributed by atoms with Crippen LogP contribution in [-0.2, 0) is 41.5 Å². The van der Waals surface area contributed by atoms with Gasteiger partial charge in [-0.15, -0.1) is 0 Å². The van der Waals surface area contributed by atoms with E-state index in [1.807, 2.05) is 82.8 Å². The van der Waals surface area contributed by atoms with Crippen LogP contribution in [0.25, 0.3) is 20.4 Å². The van der Waals surface area contributed by atoms with Crippen molar-refractivity contribution >= 4 is 89.7 Å². The SMILES string of the molecule is C=CC(=O)OCCc1ccc(OC(=O)C2CCC(C3CCC(C(=O)Oc4ccc(CCOC(=O)C=C)cc4/C=N/N(CCCCCC)c4nc5ccccc5s4)CC3)CC2)c(/C=N/N(CCCCCC)c2nc3ccccc3s2)c1. The van der Waals surface area contributed by atoms with Crippen molar-refractivity contribution in [3.05, 3.63) is 132 Å². The molecule has 0 atom stereocenters. The Labute approximate surface area is 479 Å². The zero-order valence-corrected chi connectivity index (χ0v) is 48.1. The minimum Gasteiger partial charge on any atom is -0.462 e. The van der Waals surface area contributed by atoms with E-state index in [9.17, 15) is 19.2 Å². The summed E-state index contributed by atoms with van der Waals surface area (Å²) in [6, 6.07) is 27.5. The number of anilines is 2. The van der Waals surface area contributed by atoms with Crippen molar-refractivity contribution in [1.82, 2.24) is 9.97 Å². The molecule has 2 aliphatic carbocycles. The maximum Gasteiger partial charge on any atom is 0.330 e. The highest BCUT2D eigenvalue weighted by atomic mass is 32.1. The van der Waals surface area contributed by atoms with Gasteiger partial charge in [0.2, 0.25) is 10.3 Å². The Bertz CT molecular complexity index is 2830. The number of rotatable bonds is 29. The first-order valence-corrected chi connectivity index (χ1v) is 30.4. The van der Waals surface area contributed by atoms with Crippen molar-refractivity contribution in [2.45, 2.75) is 129 Å². The molecule has 0 bridgehead atoms. The van der Waals surface area contributed by atoms with Crippen LogP contribution in [0.2, 0.25) is 0 Å². The summed E-state index contributed by atoms with van der Waals surface area (Å²) in [7, 11) is 0. The third kappa shape index (κ3) is 17.0. The number of carbonyl (C=O) groups excluding carboxylic acids is 4. The Morgan fingerprint density at radius 1 is 0.562 bits per heavy atom. The maximum absolute atomic E-state index is 14.0. The molecule has 0 unspecified atom stereocenters. The minimum atomic E-state index is -0.480. The lowest BCUT2D eigenvalue weighted by Gasteiger charge is -2.36. The van der Waals surface area contributed by atoms with Gasteiger partial charge in [0.25, 0.3) is 0 Å². The van der Waals surface area contributed by atoms with Gasteiger partial charge in [0.05, 0.1) is 57.9 Å². The van der Waals surface area contributed by atoms with E-state index in [4.69, 9.17) is 39.1 Å². The number of carbonyl (C=O) groups is 4. The van der Waals surface area contributed by atoms with Gasteiger partial charge >= 0.3 is 23.9 Å². The number of benzene rings is 4. The maximum atomic E-state index is 14.0. The lowest BCUT2D eigenvalue weighted by atomic mass is 9.69. The molecule has 0 amide bonds. The fourth-order valence-electron chi connectivity index (χ4n) is 10.6. The molecule has 0 N–H and O–H groups in total. The molecule has 2 aliphatic rings. The summed E-state index contributed by atoms with van der Waals surface area (Å²) in [5.41, 5.74) is 4.96. The average molecular weight is 1120 g/mol. The molecule has 80 heavy (non-hydrogen) atoms. The molecule has 422 valence electrons. The monoisotopic (exact) mass is 1120 g/mol. The number of para-hydroxylation sites is 2. The first-order valence-electron chi connectivity index (χ1n) is 28.7. The third-order valence-electron chi connectivity index (χ3n) is 15.2. The molecule has 0 aliphatic heterocycles. The summed E-state index contributed by atoms with van der Waals surface area (Å²) >= 11 is 3.19. The highest BCUT2D eigenvalue weighted by Gasteiger charge is 2.36. The first kappa shape index (κ1) is 59.1. The summed E-state index contributed by atoms with van der Waals surface area (Å²) in [6.45, 7) is 13.1. The van der Waals surface area contributed by atoms with Crippen LogP contribution in [0.1, 0.15) is 139 Å². The Morgan fingerprint density at radius 2 is 0.975 bits per heavy atom. The number of hydrazone groups is 2. The predicted octanol–water partition coefficient (Wildman–Crippen LogP) is 14.4. The van der Waals surface area contributed by atoms with Crippen LogP contribution in [0.4, 0.5) is 10.3 Å². The lowest BCUT2D eigenvalue weighted by molar-refractivity contribution is -0.142. The fraction of sp³-hybridized carbons (Fsp3) is 0.438. The van der Waals surface area contributed by atoms with Crippen molar-refractivity contribution in [3.8, 4) is 11.5 Å². The van der Waals surface area contributed by atoms with Crippen molar-refractivity contribution in [2.75, 3.05) is 36.3 Å². The zero-order chi connectivity index (χ0) is 56.1. The van der Waals surface area contributed by atoms with E-state index in [1.165, 1.54) is 0 Å². The molecule has 4 aromatic carbocycles. The van der Waals surface area contributed by atoms with Crippen molar-refractivity contribution < 1.29 is 38.1 Å². The van der Waals surface area contributed by atoms with Gasteiger partial charge in [-0.05, 0) is 136 Å². The van der Waals surface area contributed by atoms with E-state index in [-0.39, 0.29) is 37.0 Å². The summed E-state index contributed by atoms with van der Waals surface area (Å²) in [6.07, 6.45) is 21.9. The fourth-order valence-corrected chi connectivity index (χ4v) is 12.5. The third-order valence-corrected chi connectivity index (χ3v) is 17.3. The molecule has 0 saturated heterocycles. The second kappa shape index (κ2) is 30.5. The van der Waals surface area contributed by atoms with E-state index in [0.717, 1.165) is 157 Å². The van der Waals surface area contributed by atoms with Crippen LogP contribution >= 0.6 is 22.7 Å². The van der Waals surface area contributed by atoms with Gasteiger partial charge in [0, 0.05) is 49.2 Å². The standard InChI is InChI=1S/C64H76N6O8S2/c1-5-9-11-17-37-69(63-67-53-19-13-15-21-57(53)79-63)65-43-51-41-45(35-39-75-59(71)7-3)23-33-55(51)77-61(73)49-29-25-47(26-30-49)48-27-31-50(32-28-48)62(74)78-56-34-24-46(36-40-76-60(72)8-4)42-52(56)44-66-70(38-18-12-10-6-2)64-68-54-20-14-16-22-58(54)80-64/h7-8,13-16,19-24,33-34,41-44,47-50H,3-6,9-12,17-18,25-32,35-40H2,1-2H3/b65-43+,66-44+. The van der Waals surface area contributed by atoms with Crippen LogP contribution in [0.15, 0.2) is 120 Å². The number of esters is 4. The van der Waals surface area contributed by atoms with Crippen LogP contribution in [0.3, 0.4) is 0 Å². The number of ether oxygens (including phenoxy) is 4. The molecular formula is C64H76N6O8S2. The Kier molecular flexibility index (Phi) is 22.5. The second-order valence-electron chi connectivity index (χ2n) is 20.8. The average Bonchev–Trinajstić information content (AvgIpc) is 4.15. The number of hydrogen-bond acceptors (Lipinski definition) is 16. The van der Waals surface area contributed by atoms with Gasteiger partial charge < -0.3 is 18.9 Å². The van der Waals surface area contributed by atoms with E-state index < -0.39 is 11.9 Å². The van der Waals surface area contributed by atoms with Gasteiger partial charge in [-0.25, -0.2) is 29.6 Å². The quantitative estimate of drug-likeness (QED) is 0.0109. The normalized spacial score (nSPS) is 17.4. The number of unbranched alkanes of at least 4 members (excludes halogenated alkanes) is 6.